The minimum Gasteiger partial charge on any atom is -0.228 e. The molecule has 1 heterocycles. The molecule has 0 saturated heterocycles. The van der Waals surface area contributed by atoms with Crippen molar-refractivity contribution in [2.24, 2.45) is 0 Å². The van der Waals surface area contributed by atoms with E-state index < -0.39 is 0 Å². The van der Waals surface area contributed by atoms with Crippen LogP contribution in [0.2, 0.25) is 0 Å². The summed E-state index contributed by atoms with van der Waals surface area (Å²) < 4.78 is 0. The molecule has 0 atom stereocenters. The first-order valence-electron chi connectivity index (χ1n) is 14.8. The molecule has 0 spiro atoms. The molecule has 1 aliphatic carbocycles. The van der Waals surface area contributed by atoms with Gasteiger partial charge in [-0.25, -0.2) is 9.97 Å². The molecular formula is C41H30N2. The van der Waals surface area contributed by atoms with E-state index in [-0.39, 0.29) is 5.41 Å². The fourth-order valence-corrected chi connectivity index (χ4v) is 6.61. The van der Waals surface area contributed by atoms with Crippen molar-refractivity contribution in [1.29, 1.82) is 0 Å². The molecule has 43 heavy (non-hydrogen) atoms. The highest BCUT2D eigenvalue weighted by Gasteiger charge is 2.35. The molecule has 1 aromatic heterocycles. The Morgan fingerprint density at radius 3 is 1.67 bits per heavy atom. The second kappa shape index (κ2) is 9.89. The van der Waals surface area contributed by atoms with Gasteiger partial charge in [-0.05, 0) is 62.4 Å². The van der Waals surface area contributed by atoms with Crippen LogP contribution in [0.15, 0.2) is 146 Å². The molecule has 1 aliphatic rings. The monoisotopic (exact) mass is 550 g/mol. The molecule has 2 nitrogen and oxygen atoms in total. The molecular weight excluding hydrogens is 520 g/mol. The van der Waals surface area contributed by atoms with Crippen molar-refractivity contribution in [3.8, 4) is 56.2 Å². The van der Waals surface area contributed by atoms with Crippen LogP contribution in [0.4, 0.5) is 0 Å². The average Bonchev–Trinajstić information content (AvgIpc) is 3.29. The third-order valence-corrected chi connectivity index (χ3v) is 8.90. The quantitative estimate of drug-likeness (QED) is 0.218. The maximum atomic E-state index is 5.01. The van der Waals surface area contributed by atoms with Gasteiger partial charge in [0, 0.05) is 22.1 Å². The minimum atomic E-state index is -0.00927. The first kappa shape index (κ1) is 25.4. The SMILES string of the molecule is CC1(C)c2ccccc2-c2cc3c(-c4ccc(-c5nc(-c6ccccc6)cc(-c6ccccc6)n5)cc4)cccc3cc21. The predicted molar refractivity (Wildman–Crippen MR) is 179 cm³/mol. The number of hydrogen-bond acceptors (Lipinski definition) is 2. The number of rotatable bonds is 4. The van der Waals surface area contributed by atoms with Gasteiger partial charge in [0.05, 0.1) is 11.4 Å². The fourth-order valence-electron chi connectivity index (χ4n) is 6.61. The van der Waals surface area contributed by atoms with Crippen LogP contribution in [0.5, 0.6) is 0 Å². The van der Waals surface area contributed by atoms with Gasteiger partial charge in [-0.1, -0.05) is 141 Å². The molecule has 0 radical (unpaired) electrons. The van der Waals surface area contributed by atoms with Gasteiger partial charge in [0.2, 0.25) is 0 Å². The van der Waals surface area contributed by atoms with E-state index in [2.05, 4.69) is 123 Å². The summed E-state index contributed by atoms with van der Waals surface area (Å²) >= 11 is 0. The summed E-state index contributed by atoms with van der Waals surface area (Å²) in [5.41, 5.74) is 12.9. The van der Waals surface area contributed by atoms with Gasteiger partial charge in [-0.2, -0.15) is 0 Å². The second-order valence-corrected chi connectivity index (χ2v) is 11.9. The fraction of sp³-hybridized carbons (Fsp3) is 0.0732. The lowest BCUT2D eigenvalue weighted by atomic mass is 9.81. The molecule has 0 unspecified atom stereocenters. The molecule has 7 aromatic rings. The first-order valence-corrected chi connectivity index (χ1v) is 14.8. The van der Waals surface area contributed by atoms with Gasteiger partial charge in [0.25, 0.3) is 0 Å². The Morgan fingerprint density at radius 1 is 0.419 bits per heavy atom. The smallest absolute Gasteiger partial charge is 0.160 e. The molecule has 0 bridgehead atoms. The maximum absolute atomic E-state index is 5.01. The van der Waals surface area contributed by atoms with Crippen molar-refractivity contribution in [1.82, 2.24) is 9.97 Å². The highest BCUT2D eigenvalue weighted by atomic mass is 14.9. The van der Waals surface area contributed by atoms with Crippen LogP contribution in [0, 0.1) is 0 Å². The Labute approximate surface area is 252 Å². The van der Waals surface area contributed by atoms with E-state index in [4.69, 9.17) is 9.97 Å². The van der Waals surface area contributed by atoms with Gasteiger partial charge in [-0.15, -0.1) is 0 Å². The molecule has 0 saturated carbocycles. The van der Waals surface area contributed by atoms with Crippen molar-refractivity contribution in [3.63, 3.8) is 0 Å². The molecule has 6 aromatic carbocycles. The number of aromatic nitrogens is 2. The summed E-state index contributed by atoms with van der Waals surface area (Å²) in [4.78, 5) is 10.0. The Bertz CT molecular complexity index is 2070. The van der Waals surface area contributed by atoms with E-state index in [1.54, 1.807) is 0 Å². The van der Waals surface area contributed by atoms with Crippen LogP contribution in [0.25, 0.3) is 66.9 Å². The zero-order chi connectivity index (χ0) is 29.0. The van der Waals surface area contributed by atoms with Crippen molar-refractivity contribution in [3.05, 3.63) is 157 Å². The maximum Gasteiger partial charge on any atom is 0.160 e. The van der Waals surface area contributed by atoms with Crippen LogP contribution in [0.3, 0.4) is 0 Å². The predicted octanol–water partition coefficient (Wildman–Crippen LogP) is 10.6. The zero-order valence-electron chi connectivity index (χ0n) is 24.3. The summed E-state index contributed by atoms with van der Waals surface area (Å²) in [5.74, 6) is 0.723. The lowest BCUT2D eigenvalue weighted by Crippen LogP contribution is -2.14. The van der Waals surface area contributed by atoms with E-state index in [1.807, 2.05) is 36.4 Å². The average molecular weight is 551 g/mol. The molecule has 0 fully saturated rings. The first-order chi connectivity index (χ1) is 21.1. The molecule has 0 N–H and O–H groups in total. The Kier molecular flexibility index (Phi) is 5.84. The Hall–Kier alpha value is -5.34. The van der Waals surface area contributed by atoms with Gasteiger partial charge in [0.1, 0.15) is 0 Å². The minimum absolute atomic E-state index is 0.00927. The van der Waals surface area contributed by atoms with Crippen molar-refractivity contribution >= 4 is 10.8 Å². The normalized spacial score (nSPS) is 13.1. The third kappa shape index (κ3) is 4.26. The summed E-state index contributed by atoms with van der Waals surface area (Å²) in [6, 6.07) is 51.7. The second-order valence-electron chi connectivity index (χ2n) is 11.9. The van der Waals surface area contributed by atoms with E-state index in [0.29, 0.717) is 0 Å². The van der Waals surface area contributed by atoms with Crippen molar-refractivity contribution < 1.29 is 0 Å². The van der Waals surface area contributed by atoms with Gasteiger partial charge in [0.15, 0.2) is 5.82 Å². The van der Waals surface area contributed by atoms with Crippen molar-refractivity contribution in [2.75, 3.05) is 0 Å². The van der Waals surface area contributed by atoms with Crippen LogP contribution < -0.4 is 0 Å². The molecule has 8 rings (SSSR count). The van der Waals surface area contributed by atoms with Gasteiger partial charge < -0.3 is 0 Å². The largest absolute Gasteiger partial charge is 0.228 e. The highest BCUT2D eigenvalue weighted by Crippen LogP contribution is 2.50. The van der Waals surface area contributed by atoms with E-state index in [9.17, 15) is 0 Å². The summed E-state index contributed by atoms with van der Waals surface area (Å²) in [6.45, 7) is 4.67. The van der Waals surface area contributed by atoms with Crippen LogP contribution >= 0.6 is 0 Å². The number of nitrogens with zero attached hydrogens (tertiary/aromatic N) is 2. The Balaban J connectivity index is 1.23. The van der Waals surface area contributed by atoms with Crippen LogP contribution in [0.1, 0.15) is 25.0 Å². The van der Waals surface area contributed by atoms with Gasteiger partial charge in [-0.3, -0.25) is 0 Å². The number of hydrogen-bond donors (Lipinski definition) is 0. The third-order valence-electron chi connectivity index (χ3n) is 8.90. The summed E-state index contributed by atoms with van der Waals surface area (Å²) in [7, 11) is 0. The topological polar surface area (TPSA) is 25.8 Å². The lowest BCUT2D eigenvalue weighted by molar-refractivity contribution is 0.661. The van der Waals surface area contributed by atoms with E-state index in [0.717, 1.165) is 33.9 Å². The molecule has 0 amide bonds. The zero-order valence-corrected chi connectivity index (χ0v) is 24.3. The van der Waals surface area contributed by atoms with Crippen LogP contribution in [-0.4, -0.2) is 9.97 Å². The van der Waals surface area contributed by atoms with Crippen LogP contribution in [-0.2, 0) is 5.41 Å². The van der Waals surface area contributed by atoms with Crippen molar-refractivity contribution in [2.45, 2.75) is 19.3 Å². The summed E-state index contributed by atoms with van der Waals surface area (Å²) in [5, 5.41) is 2.54. The molecule has 0 aliphatic heterocycles. The standard InChI is InChI=1S/C41H30N2/c1-41(2)36-19-10-9-17-33(36)35-25-34-31(24-37(35)41)16-11-18-32(34)27-20-22-30(23-21-27)40-42-38(28-12-5-3-6-13-28)26-39(43-40)29-14-7-4-8-15-29/h3-26H,1-2H3. The van der Waals surface area contributed by atoms with Gasteiger partial charge >= 0.3 is 0 Å². The summed E-state index contributed by atoms with van der Waals surface area (Å²) in [6.07, 6.45) is 0. The number of fused-ring (bicyclic) bond motifs is 4. The highest BCUT2D eigenvalue weighted by molar-refractivity contribution is 6.01. The molecule has 2 heteroatoms. The van der Waals surface area contributed by atoms with E-state index >= 15 is 0 Å². The Morgan fingerprint density at radius 2 is 1.00 bits per heavy atom. The lowest BCUT2D eigenvalue weighted by Gasteiger charge is -2.22. The van der Waals surface area contributed by atoms with E-state index in [1.165, 1.54) is 44.2 Å². The molecule has 204 valence electrons. The number of benzene rings is 6.